The van der Waals surface area contributed by atoms with E-state index >= 15 is 0 Å². The maximum atomic E-state index is 11.3. The Morgan fingerprint density at radius 2 is 2.06 bits per heavy atom. The van der Waals surface area contributed by atoms with Gasteiger partial charge < -0.3 is 19.9 Å². The van der Waals surface area contributed by atoms with E-state index in [4.69, 9.17) is 15.2 Å². The van der Waals surface area contributed by atoms with Gasteiger partial charge in [-0.2, -0.15) is 0 Å². The minimum Gasteiger partial charge on any atom is -0.486 e. The van der Waals surface area contributed by atoms with Crippen molar-refractivity contribution in [3.8, 4) is 11.5 Å². The van der Waals surface area contributed by atoms with E-state index in [1.807, 2.05) is 0 Å². The SMILES string of the molecule is COC(=O)[C@@H](N)c1ccc2c(c1)OCCO2. The molecule has 1 atom stereocenters. The molecule has 5 heteroatoms. The van der Waals surface area contributed by atoms with Gasteiger partial charge in [-0.05, 0) is 17.7 Å². The standard InChI is InChI=1S/C11H13NO4/c1-14-11(13)10(12)7-2-3-8-9(6-7)16-5-4-15-8/h2-3,6,10H,4-5,12H2,1H3/t10-/m0/s1. The zero-order valence-corrected chi connectivity index (χ0v) is 8.93. The highest BCUT2D eigenvalue weighted by Crippen LogP contribution is 2.32. The summed E-state index contributed by atoms with van der Waals surface area (Å²) < 4.78 is 15.3. The van der Waals surface area contributed by atoms with Crippen LogP contribution in [-0.4, -0.2) is 26.3 Å². The number of ether oxygens (including phenoxy) is 3. The molecule has 0 bridgehead atoms. The lowest BCUT2D eigenvalue weighted by molar-refractivity contribution is -0.142. The van der Waals surface area contributed by atoms with Gasteiger partial charge >= 0.3 is 5.97 Å². The lowest BCUT2D eigenvalue weighted by atomic mass is 10.1. The quantitative estimate of drug-likeness (QED) is 0.744. The Morgan fingerprint density at radius 1 is 1.38 bits per heavy atom. The third-order valence-electron chi connectivity index (χ3n) is 2.38. The molecule has 2 rings (SSSR count). The second-order valence-electron chi connectivity index (χ2n) is 3.40. The Kier molecular flexibility index (Phi) is 2.96. The van der Waals surface area contributed by atoms with Crippen molar-refractivity contribution < 1.29 is 19.0 Å². The van der Waals surface area contributed by atoms with Gasteiger partial charge in [0, 0.05) is 0 Å². The average molecular weight is 223 g/mol. The lowest BCUT2D eigenvalue weighted by Gasteiger charge is -2.19. The number of nitrogens with two attached hydrogens (primary N) is 1. The number of methoxy groups -OCH3 is 1. The molecule has 1 heterocycles. The predicted octanol–water partition coefficient (Wildman–Crippen LogP) is 0.631. The number of hydrogen-bond acceptors (Lipinski definition) is 5. The van der Waals surface area contributed by atoms with Crippen molar-refractivity contribution in [3.63, 3.8) is 0 Å². The van der Waals surface area contributed by atoms with E-state index in [1.54, 1.807) is 18.2 Å². The van der Waals surface area contributed by atoms with Crippen molar-refractivity contribution in [3.05, 3.63) is 23.8 Å². The second-order valence-corrected chi connectivity index (χ2v) is 3.40. The van der Waals surface area contributed by atoms with Crippen LogP contribution in [-0.2, 0) is 9.53 Å². The molecule has 0 saturated carbocycles. The molecule has 0 spiro atoms. The molecule has 16 heavy (non-hydrogen) atoms. The van der Waals surface area contributed by atoms with Gasteiger partial charge in [0.25, 0.3) is 0 Å². The fraction of sp³-hybridized carbons (Fsp3) is 0.364. The van der Waals surface area contributed by atoms with E-state index in [9.17, 15) is 4.79 Å². The molecule has 1 aliphatic heterocycles. The summed E-state index contributed by atoms with van der Waals surface area (Å²) in [7, 11) is 1.31. The van der Waals surface area contributed by atoms with Crippen LogP contribution in [0.15, 0.2) is 18.2 Å². The van der Waals surface area contributed by atoms with Crippen molar-refractivity contribution in [2.75, 3.05) is 20.3 Å². The number of rotatable bonds is 2. The largest absolute Gasteiger partial charge is 0.486 e. The Hall–Kier alpha value is -1.75. The van der Waals surface area contributed by atoms with Gasteiger partial charge in [0.15, 0.2) is 11.5 Å². The first-order valence-electron chi connectivity index (χ1n) is 4.95. The maximum Gasteiger partial charge on any atom is 0.327 e. The first-order valence-corrected chi connectivity index (χ1v) is 4.95. The number of benzene rings is 1. The third kappa shape index (κ3) is 1.94. The first-order chi connectivity index (χ1) is 7.72. The highest BCUT2D eigenvalue weighted by Gasteiger charge is 2.19. The van der Waals surface area contributed by atoms with Crippen molar-refractivity contribution in [2.45, 2.75) is 6.04 Å². The third-order valence-corrected chi connectivity index (χ3v) is 2.38. The monoisotopic (exact) mass is 223 g/mol. The first kappa shape index (κ1) is 10.8. The number of esters is 1. The summed E-state index contributed by atoms with van der Waals surface area (Å²) in [5, 5.41) is 0. The molecule has 0 radical (unpaired) electrons. The molecule has 0 amide bonds. The highest BCUT2D eigenvalue weighted by molar-refractivity contribution is 5.77. The minimum atomic E-state index is -0.791. The van der Waals surface area contributed by atoms with Crippen LogP contribution in [0.25, 0.3) is 0 Å². The van der Waals surface area contributed by atoms with Crippen LogP contribution in [0.2, 0.25) is 0 Å². The Balaban J connectivity index is 2.26. The van der Waals surface area contributed by atoms with Crippen molar-refractivity contribution in [1.29, 1.82) is 0 Å². The van der Waals surface area contributed by atoms with Crippen LogP contribution in [0.1, 0.15) is 11.6 Å². The van der Waals surface area contributed by atoms with Gasteiger partial charge in [-0.3, -0.25) is 4.79 Å². The number of hydrogen-bond donors (Lipinski definition) is 1. The fourth-order valence-corrected chi connectivity index (χ4v) is 1.52. The van der Waals surface area contributed by atoms with Crippen molar-refractivity contribution in [2.24, 2.45) is 5.73 Å². The summed E-state index contributed by atoms with van der Waals surface area (Å²) in [6.07, 6.45) is 0. The van der Waals surface area contributed by atoms with E-state index < -0.39 is 12.0 Å². The van der Waals surface area contributed by atoms with Crippen molar-refractivity contribution in [1.82, 2.24) is 0 Å². The summed E-state index contributed by atoms with van der Waals surface area (Å²) in [4.78, 5) is 11.3. The molecule has 0 fully saturated rings. The smallest absolute Gasteiger partial charge is 0.327 e. The summed E-state index contributed by atoms with van der Waals surface area (Å²) in [5.74, 6) is 0.812. The van der Waals surface area contributed by atoms with Gasteiger partial charge in [-0.25, -0.2) is 0 Å². The normalized spacial score (nSPS) is 15.4. The van der Waals surface area contributed by atoms with E-state index in [1.165, 1.54) is 7.11 Å². The number of fused-ring (bicyclic) bond motifs is 1. The molecule has 0 saturated heterocycles. The fourth-order valence-electron chi connectivity index (χ4n) is 1.52. The predicted molar refractivity (Wildman–Crippen MR) is 56.4 cm³/mol. The van der Waals surface area contributed by atoms with Crippen LogP contribution in [0.4, 0.5) is 0 Å². The molecule has 86 valence electrons. The van der Waals surface area contributed by atoms with Gasteiger partial charge in [0.2, 0.25) is 0 Å². The molecule has 1 aromatic carbocycles. The van der Waals surface area contributed by atoms with E-state index in [2.05, 4.69) is 4.74 Å². The second kappa shape index (κ2) is 4.40. The van der Waals surface area contributed by atoms with Crippen molar-refractivity contribution >= 4 is 5.97 Å². The molecular weight excluding hydrogens is 210 g/mol. The molecule has 1 aromatic rings. The Bertz CT molecular complexity index is 405. The average Bonchev–Trinajstić information content (AvgIpc) is 2.36. The lowest BCUT2D eigenvalue weighted by Crippen LogP contribution is -2.23. The van der Waals surface area contributed by atoms with Crippen LogP contribution in [0, 0.1) is 0 Å². The highest BCUT2D eigenvalue weighted by atomic mass is 16.6. The maximum absolute atomic E-state index is 11.3. The molecular formula is C11H13NO4. The topological polar surface area (TPSA) is 70.8 Å². The van der Waals surface area contributed by atoms with Gasteiger partial charge in [-0.15, -0.1) is 0 Å². The van der Waals surface area contributed by atoms with Gasteiger partial charge in [0.05, 0.1) is 7.11 Å². The van der Waals surface area contributed by atoms with Crippen LogP contribution in [0.5, 0.6) is 11.5 Å². The van der Waals surface area contributed by atoms with Crippen LogP contribution in [0.3, 0.4) is 0 Å². The molecule has 2 N–H and O–H groups in total. The summed E-state index contributed by atoms with van der Waals surface area (Å²) in [6, 6.07) is 4.39. The van der Waals surface area contributed by atoms with Gasteiger partial charge in [-0.1, -0.05) is 6.07 Å². The molecule has 0 aromatic heterocycles. The summed E-state index contributed by atoms with van der Waals surface area (Å²) >= 11 is 0. The molecule has 1 aliphatic rings. The molecule has 0 unspecified atom stereocenters. The zero-order chi connectivity index (χ0) is 11.5. The number of carbonyl (C=O) groups is 1. The van der Waals surface area contributed by atoms with E-state index in [0.717, 1.165) is 0 Å². The number of carbonyl (C=O) groups excluding carboxylic acids is 1. The summed E-state index contributed by atoms with van der Waals surface area (Å²) in [5.41, 5.74) is 6.36. The Morgan fingerprint density at radius 3 is 2.75 bits per heavy atom. The van der Waals surface area contributed by atoms with Crippen LogP contribution >= 0.6 is 0 Å². The van der Waals surface area contributed by atoms with Crippen LogP contribution < -0.4 is 15.2 Å². The van der Waals surface area contributed by atoms with E-state index in [0.29, 0.717) is 30.3 Å². The molecule has 5 nitrogen and oxygen atoms in total. The summed E-state index contributed by atoms with van der Waals surface area (Å²) in [6.45, 7) is 1.04. The Labute approximate surface area is 93.1 Å². The van der Waals surface area contributed by atoms with Gasteiger partial charge in [0.1, 0.15) is 19.3 Å². The minimum absolute atomic E-state index is 0.475. The zero-order valence-electron chi connectivity index (χ0n) is 8.93. The molecule has 0 aliphatic carbocycles. The van der Waals surface area contributed by atoms with E-state index in [-0.39, 0.29) is 0 Å².